The van der Waals surface area contributed by atoms with E-state index in [9.17, 15) is 14.3 Å². The molecule has 100 valence electrons. The van der Waals surface area contributed by atoms with Crippen molar-refractivity contribution < 1.29 is 14.3 Å². The predicted octanol–water partition coefficient (Wildman–Crippen LogP) is 1.75. The molecule has 1 aromatic heterocycles. The molecule has 1 rings (SSSR count). The molecule has 5 heteroatoms. The van der Waals surface area contributed by atoms with Crippen LogP contribution in [0.3, 0.4) is 0 Å². The average Bonchev–Trinajstić information content (AvgIpc) is 2.23. The van der Waals surface area contributed by atoms with Gasteiger partial charge in [0.25, 0.3) is 5.91 Å². The first-order valence-electron chi connectivity index (χ1n) is 5.85. The van der Waals surface area contributed by atoms with Crippen LogP contribution in [0.25, 0.3) is 0 Å². The van der Waals surface area contributed by atoms with Gasteiger partial charge < -0.3 is 10.4 Å². The van der Waals surface area contributed by atoms with Gasteiger partial charge in [-0.3, -0.25) is 9.78 Å². The third kappa shape index (κ3) is 5.23. The fourth-order valence-electron chi connectivity index (χ4n) is 1.63. The molecule has 0 saturated heterocycles. The minimum Gasteiger partial charge on any atom is -0.391 e. The molecule has 0 bridgehead atoms. The highest BCUT2D eigenvalue weighted by atomic mass is 19.1. The Balaban J connectivity index is 2.47. The third-order valence-electron chi connectivity index (χ3n) is 2.31. The lowest BCUT2D eigenvalue weighted by Gasteiger charge is -2.22. The summed E-state index contributed by atoms with van der Waals surface area (Å²) in [6.45, 7) is 6.17. The molecule has 1 amide bonds. The first-order chi connectivity index (χ1) is 8.28. The van der Waals surface area contributed by atoms with Crippen molar-refractivity contribution in [1.29, 1.82) is 0 Å². The number of aliphatic hydroxyl groups excluding tert-OH is 1. The smallest absolute Gasteiger partial charge is 0.253 e. The monoisotopic (exact) mass is 254 g/mol. The predicted molar refractivity (Wildman–Crippen MR) is 66.6 cm³/mol. The lowest BCUT2D eigenvalue weighted by Crippen LogP contribution is -2.34. The number of aromatic nitrogens is 1. The van der Waals surface area contributed by atoms with Gasteiger partial charge in [0.05, 0.1) is 17.9 Å². The summed E-state index contributed by atoms with van der Waals surface area (Å²) < 4.78 is 12.9. The number of carbonyl (C=O) groups is 1. The summed E-state index contributed by atoms with van der Waals surface area (Å²) in [5.74, 6) is -0.993. The normalized spacial score (nSPS) is 13.2. The van der Waals surface area contributed by atoms with E-state index in [1.54, 1.807) is 0 Å². The van der Waals surface area contributed by atoms with E-state index in [-0.39, 0.29) is 17.5 Å². The van der Waals surface area contributed by atoms with Gasteiger partial charge in [0.2, 0.25) is 0 Å². The number of amides is 1. The first-order valence-corrected chi connectivity index (χ1v) is 5.85. The zero-order valence-electron chi connectivity index (χ0n) is 10.9. The van der Waals surface area contributed by atoms with E-state index in [4.69, 9.17) is 0 Å². The topological polar surface area (TPSA) is 62.2 Å². The third-order valence-corrected chi connectivity index (χ3v) is 2.31. The number of hydrogen-bond acceptors (Lipinski definition) is 3. The SMILES string of the molecule is CC(C)(C)CC(O)CNC(=O)c1cncc(F)c1. The van der Waals surface area contributed by atoms with E-state index in [0.717, 1.165) is 12.3 Å². The van der Waals surface area contributed by atoms with Crippen LogP contribution in [0, 0.1) is 11.2 Å². The van der Waals surface area contributed by atoms with Crippen LogP contribution in [0.1, 0.15) is 37.6 Å². The summed E-state index contributed by atoms with van der Waals surface area (Å²) >= 11 is 0. The van der Waals surface area contributed by atoms with Crippen molar-refractivity contribution in [2.45, 2.75) is 33.3 Å². The molecule has 0 fully saturated rings. The zero-order chi connectivity index (χ0) is 13.8. The number of carbonyl (C=O) groups excluding carboxylic acids is 1. The summed E-state index contributed by atoms with van der Waals surface area (Å²) in [5, 5.41) is 12.3. The molecule has 0 saturated carbocycles. The van der Waals surface area contributed by atoms with Gasteiger partial charge in [-0.25, -0.2) is 4.39 Å². The highest BCUT2D eigenvalue weighted by Crippen LogP contribution is 2.20. The second kappa shape index (κ2) is 5.91. The van der Waals surface area contributed by atoms with Gasteiger partial charge >= 0.3 is 0 Å². The van der Waals surface area contributed by atoms with E-state index >= 15 is 0 Å². The number of nitrogens with zero attached hydrogens (tertiary/aromatic N) is 1. The van der Waals surface area contributed by atoms with Crippen molar-refractivity contribution in [2.75, 3.05) is 6.54 Å². The number of nitrogens with one attached hydrogen (secondary N) is 1. The number of pyridine rings is 1. The Hall–Kier alpha value is -1.49. The molecule has 1 atom stereocenters. The first kappa shape index (κ1) is 14.6. The van der Waals surface area contributed by atoms with Crippen LogP contribution in [0.5, 0.6) is 0 Å². The molecule has 0 spiro atoms. The van der Waals surface area contributed by atoms with Crippen LogP contribution in [-0.4, -0.2) is 28.6 Å². The molecular weight excluding hydrogens is 235 g/mol. The molecule has 2 N–H and O–H groups in total. The fraction of sp³-hybridized carbons (Fsp3) is 0.538. The molecule has 0 radical (unpaired) electrons. The van der Waals surface area contributed by atoms with Gasteiger partial charge in [0.15, 0.2) is 0 Å². The van der Waals surface area contributed by atoms with E-state index in [1.807, 2.05) is 20.8 Å². The van der Waals surface area contributed by atoms with E-state index in [2.05, 4.69) is 10.3 Å². The van der Waals surface area contributed by atoms with Crippen LogP contribution in [0.4, 0.5) is 4.39 Å². The molecule has 1 heterocycles. The Morgan fingerprint density at radius 2 is 2.17 bits per heavy atom. The maximum absolute atomic E-state index is 12.9. The van der Waals surface area contributed by atoms with E-state index < -0.39 is 17.8 Å². The summed E-state index contributed by atoms with van der Waals surface area (Å²) in [7, 11) is 0. The fourth-order valence-corrected chi connectivity index (χ4v) is 1.63. The maximum Gasteiger partial charge on any atom is 0.253 e. The molecule has 0 aliphatic heterocycles. The second-order valence-electron chi connectivity index (χ2n) is 5.52. The minimum atomic E-state index is -0.615. The molecule has 4 nitrogen and oxygen atoms in total. The number of hydrogen-bond donors (Lipinski definition) is 2. The Kier molecular flexibility index (Phi) is 4.78. The van der Waals surface area contributed by atoms with Crippen molar-refractivity contribution in [1.82, 2.24) is 10.3 Å². The molecular formula is C13H19FN2O2. The Bertz CT molecular complexity index is 416. The van der Waals surface area contributed by atoms with Gasteiger partial charge in [-0.2, -0.15) is 0 Å². The van der Waals surface area contributed by atoms with Gasteiger partial charge in [-0.05, 0) is 17.9 Å². The summed E-state index contributed by atoms with van der Waals surface area (Å²) in [6.07, 6.45) is 2.28. The number of rotatable bonds is 4. The lowest BCUT2D eigenvalue weighted by molar-refractivity contribution is 0.0868. The van der Waals surface area contributed by atoms with Gasteiger partial charge in [0.1, 0.15) is 5.82 Å². The molecule has 18 heavy (non-hydrogen) atoms. The minimum absolute atomic E-state index is 0.00937. The van der Waals surface area contributed by atoms with Crippen LogP contribution in [0.2, 0.25) is 0 Å². The van der Waals surface area contributed by atoms with Crippen molar-refractivity contribution in [3.05, 3.63) is 29.8 Å². The second-order valence-corrected chi connectivity index (χ2v) is 5.52. The number of halogens is 1. The van der Waals surface area contributed by atoms with Crippen molar-refractivity contribution >= 4 is 5.91 Å². The summed E-state index contributed by atoms with van der Waals surface area (Å²) in [5.41, 5.74) is 0.142. The Morgan fingerprint density at radius 1 is 1.50 bits per heavy atom. The standard InChI is InChI=1S/C13H19FN2O2/c1-13(2,3)5-11(17)8-16-12(18)9-4-10(14)7-15-6-9/h4,6-7,11,17H,5,8H2,1-3H3,(H,16,18). The summed E-state index contributed by atoms with van der Waals surface area (Å²) in [6, 6.07) is 1.11. The summed E-state index contributed by atoms with van der Waals surface area (Å²) in [4.78, 5) is 15.2. The Labute approximate surface area is 106 Å². The molecule has 1 aromatic rings. The molecule has 1 unspecified atom stereocenters. The lowest BCUT2D eigenvalue weighted by atomic mass is 9.89. The molecule has 0 aromatic carbocycles. The van der Waals surface area contributed by atoms with Gasteiger partial charge in [-0.1, -0.05) is 20.8 Å². The van der Waals surface area contributed by atoms with Crippen molar-refractivity contribution in [3.8, 4) is 0 Å². The highest BCUT2D eigenvalue weighted by Gasteiger charge is 2.17. The van der Waals surface area contributed by atoms with Crippen LogP contribution in [-0.2, 0) is 0 Å². The number of aliphatic hydroxyl groups is 1. The average molecular weight is 254 g/mol. The zero-order valence-corrected chi connectivity index (χ0v) is 10.9. The van der Waals surface area contributed by atoms with Gasteiger partial charge in [0, 0.05) is 12.7 Å². The van der Waals surface area contributed by atoms with Crippen LogP contribution < -0.4 is 5.32 Å². The highest BCUT2D eigenvalue weighted by molar-refractivity contribution is 5.93. The Morgan fingerprint density at radius 3 is 2.72 bits per heavy atom. The van der Waals surface area contributed by atoms with Crippen LogP contribution >= 0.6 is 0 Å². The quantitative estimate of drug-likeness (QED) is 0.860. The largest absolute Gasteiger partial charge is 0.391 e. The molecule has 0 aliphatic carbocycles. The van der Waals surface area contributed by atoms with Crippen molar-refractivity contribution in [2.24, 2.45) is 5.41 Å². The maximum atomic E-state index is 12.9. The molecule has 0 aliphatic rings. The van der Waals surface area contributed by atoms with E-state index in [0.29, 0.717) is 6.42 Å². The van der Waals surface area contributed by atoms with Crippen molar-refractivity contribution in [3.63, 3.8) is 0 Å². The van der Waals surface area contributed by atoms with Crippen LogP contribution in [0.15, 0.2) is 18.5 Å². The van der Waals surface area contributed by atoms with Gasteiger partial charge in [-0.15, -0.1) is 0 Å². The van der Waals surface area contributed by atoms with E-state index in [1.165, 1.54) is 6.20 Å².